The Hall–Kier alpha value is -2.71. The Morgan fingerprint density at radius 1 is 1.18 bits per heavy atom. The van der Waals surface area contributed by atoms with E-state index >= 15 is 0 Å². The van der Waals surface area contributed by atoms with E-state index in [9.17, 15) is 9.18 Å². The third-order valence-electron chi connectivity index (χ3n) is 4.00. The molecule has 0 radical (unpaired) electrons. The molecule has 4 nitrogen and oxygen atoms in total. The number of rotatable bonds is 3. The zero-order chi connectivity index (χ0) is 15.7. The first-order chi connectivity index (χ1) is 10.6. The number of primary amides is 1. The number of nitriles is 1. The third-order valence-corrected chi connectivity index (χ3v) is 4.00. The number of nitrogens with two attached hydrogens (primary N) is 1. The summed E-state index contributed by atoms with van der Waals surface area (Å²) in [6.45, 7) is 0. The maximum absolute atomic E-state index is 13.8. The molecule has 5 heteroatoms. The smallest absolute Gasteiger partial charge is 0.235 e. The van der Waals surface area contributed by atoms with Gasteiger partial charge in [0, 0.05) is 11.5 Å². The Kier molecular flexibility index (Phi) is 3.61. The predicted octanol–water partition coefficient (Wildman–Crippen LogP) is 1.93. The summed E-state index contributed by atoms with van der Waals surface area (Å²) in [5, 5.41) is 11.9. The second kappa shape index (κ2) is 5.58. The summed E-state index contributed by atoms with van der Waals surface area (Å²) in [6.07, 6.45) is 0. The minimum absolute atomic E-state index is 0.267. The number of halogens is 1. The monoisotopic (exact) mass is 295 g/mol. The molecule has 1 amide bonds. The van der Waals surface area contributed by atoms with E-state index in [0.29, 0.717) is 5.56 Å². The number of benzene rings is 2. The van der Waals surface area contributed by atoms with Crippen LogP contribution in [0.15, 0.2) is 48.5 Å². The summed E-state index contributed by atoms with van der Waals surface area (Å²) in [5.41, 5.74) is 7.43. The zero-order valence-electron chi connectivity index (χ0n) is 11.7. The van der Waals surface area contributed by atoms with Crippen LogP contribution in [0.25, 0.3) is 11.1 Å². The molecule has 0 bridgehead atoms. The number of carbonyl (C=O) groups excluding carboxylic acids is 1. The molecule has 1 aliphatic rings. The van der Waals surface area contributed by atoms with Gasteiger partial charge in [-0.1, -0.05) is 42.5 Å². The Labute approximate surface area is 127 Å². The molecule has 0 saturated carbocycles. The van der Waals surface area contributed by atoms with Gasteiger partial charge in [0.1, 0.15) is 11.9 Å². The highest BCUT2D eigenvalue weighted by molar-refractivity contribution is 5.83. The molecule has 3 rings (SSSR count). The maximum atomic E-state index is 13.8. The fraction of sp³-hybridized carbons (Fsp3) is 0.176. The van der Waals surface area contributed by atoms with Crippen LogP contribution in [-0.4, -0.2) is 18.0 Å². The second-order valence-electron chi connectivity index (χ2n) is 5.28. The first-order valence-corrected chi connectivity index (χ1v) is 6.91. The summed E-state index contributed by atoms with van der Waals surface area (Å²) < 4.78 is 13.8. The van der Waals surface area contributed by atoms with E-state index in [1.54, 1.807) is 30.3 Å². The Bertz CT molecular complexity index is 751. The second-order valence-corrected chi connectivity index (χ2v) is 5.28. The Balaban J connectivity index is 1.90. The molecule has 2 aromatic rings. The van der Waals surface area contributed by atoms with Gasteiger partial charge in [0.2, 0.25) is 5.91 Å². The molecule has 1 saturated heterocycles. The molecule has 2 aromatic carbocycles. The maximum Gasteiger partial charge on any atom is 0.235 e. The van der Waals surface area contributed by atoms with E-state index in [-0.39, 0.29) is 11.7 Å². The number of nitrogens with one attached hydrogen (secondary N) is 1. The fourth-order valence-corrected chi connectivity index (χ4v) is 2.82. The van der Waals surface area contributed by atoms with Crippen molar-refractivity contribution in [2.75, 3.05) is 0 Å². The summed E-state index contributed by atoms with van der Waals surface area (Å²) in [4.78, 5) is 11.4. The molecular formula is C17H14FN3O. The SMILES string of the molecule is N#C[C@@H]1N[C@@H](C(N)=O)[C@H]1c1ccc(-c2ccccc2F)cc1. The van der Waals surface area contributed by atoms with Crippen molar-refractivity contribution < 1.29 is 9.18 Å². The molecule has 22 heavy (non-hydrogen) atoms. The average Bonchev–Trinajstić information content (AvgIpc) is 2.48. The van der Waals surface area contributed by atoms with Gasteiger partial charge in [-0.15, -0.1) is 0 Å². The van der Waals surface area contributed by atoms with Crippen LogP contribution in [0.5, 0.6) is 0 Å². The fourth-order valence-electron chi connectivity index (χ4n) is 2.82. The predicted molar refractivity (Wildman–Crippen MR) is 80.1 cm³/mol. The first-order valence-electron chi connectivity index (χ1n) is 6.91. The summed E-state index contributed by atoms with van der Waals surface area (Å²) in [6, 6.07) is 14.9. The number of carbonyl (C=O) groups is 1. The van der Waals surface area contributed by atoms with Crippen LogP contribution in [-0.2, 0) is 4.79 Å². The van der Waals surface area contributed by atoms with Gasteiger partial charge >= 0.3 is 0 Å². The molecule has 3 N–H and O–H groups in total. The highest BCUT2D eigenvalue weighted by Gasteiger charge is 2.44. The number of amides is 1. The molecular weight excluding hydrogens is 281 g/mol. The van der Waals surface area contributed by atoms with E-state index in [2.05, 4.69) is 11.4 Å². The van der Waals surface area contributed by atoms with Gasteiger partial charge in [-0.05, 0) is 17.2 Å². The van der Waals surface area contributed by atoms with Gasteiger partial charge in [0.25, 0.3) is 0 Å². The zero-order valence-corrected chi connectivity index (χ0v) is 11.7. The molecule has 0 spiro atoms. The lowest BCUT2D eigenvalue weighted by atomic mass is 9.77. The lowest BCUT2D eigenvalue weighted by Gasteiger charge is -2.40. The van der Waals surface area contributed by atoms with Crippen molar-refractivity contribution in [2.24, 2.45) is 5.73 Å². The largest absolute Gasteiger partial charge is 0.368 e. The third kappa shape index (κ3) is 2.34. The van der Waals surface area contributed by atoms with Crippen molar-refractivity contribution in [3.05, 3.63) is 59.9 Å². The van der Waals surface area contributed by atoms with Crippen LogP contribution in [0.1, 0.15) is 11.5 Å². The van der Waals surface area contributed by atoms with Crippen LogP contribution in [0.3, 0.4) is 0 Å². The molecule has 0 aliphatic carbocycles. The molecule has 1 aliphatic heterocycles. The van der Waals surface area contributed by atoms with Crippen LogP contribution in [0.2, 0.25) is 0 Å². The van der Waals surface area contributed by atoms with E-state index in [1.807, 2.05) is 12.1 Å². The van der Waals surface area contributed by atoms with Gasteiger partial charge < -0.3 is 5.73 Å². The minimum atomic E-state index is -0.538. The molecule has 0 unspecified atom stereocenters. The summed E-state index contributed by atoms with van der Waals surface area (Å²) in [7, 11) is 0. The van der Waals surface area contributed by atoms with Gasteiger partial charge in [-0.25, -0.2) is 4.39 Å². The van der Waals surface area contributed by atoms with Gasteiger partial charge in [0.15, 0.2) is 0 Å². The standard InChI is InChI=1S/C17H14FN3O/c18-13-4-2-1-3-12(13)10-5-7-11(8-6-10)15-14(9-19)21-16(15)17(20)22/h1-8,14-16,21H,(H2,20,22)/t14-,15-,16+/m0/s1. The van der Waals surface area contributed by atoms with Gasteiger partial charge in [-0.3, -0.25) is 10.1 Å². The highest BCUT2D eigenvalue weighted by Crippen LogP contribution is 2.33. The van der Waals surface area contributed by atoms with Crippen molar-refractivity contribution >= 4 is 5.91 Å². The summed E-state index contributed by atoms with van der Waals surface area (Å²) in [5.74, 6) is -1.03. The van der Waals surface area contributed by atoms with Crippen molar-refractivity contribution in [3.8, 4) is 17.2 Å². The van der Waals surface area contributed by atoms with E-state index in [1.165, 1.54) is 6.07 Å². The molecule has 3 atom stereocenters. The van der Waals surface area contributed by atoms with Crippen LogP contribution in [0, 0.1) is 17.1 Å². The van der Waals surface area contributed by atoms with Crippen molar-refractivity contribution in [3.63, 3.8) is 0 Å². The quantitative estimate of drug-likeness (QED) is 0.908. The first kappa shape index (κ1) is 14.2. The van der Waals surface area contributed by atoms with E-state index in [4.69, 9.17) is 11.0 Å². The molecule has 110 valence electrons. The molecule has 1 heterocycles. The topological polar surface area (TPSA) is 78.9 Å². The van der Waals surface area contributed by atoms with Crippen molar-refractivity contribution in [1.29, 1.82) is 5.26 Å². The van der Waals surface area contributed by atoms with E-state index in [0.717, 1.165) is 11.1 Å². The lowest BCUT2D eigenvalue weighted by Crippen LogP contribution is -2.64. The van der Waals surface area contributed by atoms with E-state index < -0.39 is 18.0 Å². The van der Waals surface area contributed by atoms with Gasteiger partial charge in [0.05, 0.1) is 12.1 Å². The number of nitrogens with zero attached hydrogens (tertiary/aromatic N) is 1. The normalized spacial score (nSPS) is 23.4. The average molecular weight is 295 g/mol. The number of hydrogen-bond acceptors (Lipinski definition) is 3. The van der Waals surface area contributed by atoms with Crippen molar-refractivity contribution in [2.45, 2.75) is 18.0 Å². The summed E-state index contributed by atoms with van der Waals surface area (Å²) >= 11 is 0. The number of hydrogen-bond donors (Lipinski definition) is 2. The van der Waals surface area contributed by atoms with Crippen molar-refractivity contribution in [1.82, 2.24) is 5.32 Å². The van der Waals surface area contributed by atoms with Crippen LogP contribution < -0.4 is 11.1 Å². The highest BCUT2D eigenvalue weighted by atomic mass is 19.1. The van der Waals surface area contributed by atoms with Crippen LogP contribution >= 0.6 is 0 Å². The molecule has 1 fully saturated rings. The minimum Gasteiger partial charge on any atom is -0.368 e. The van der Waals surface area contributed by atoms with Gasteiger partial charge in [-0.2, -0.15) is 5.26 Å². The molecule has 0 aromatic heterocycles. The Morgan fingerprint density at radius 3 is 2.45 bits per heavy atom. The van der Waals surface area contributed by atoms with Crippen LogP contribution in [0.4, 0.5) is 4.39 Å². The lowest BCUT2D eigenvalue weighted by molar-refractivity contribution is -0.122. The Morgan fingerprint density at radius 2 is 1.86 bits per heavy atom.